The molecule has 8 heteroatoms. The van der Waals surface area contributed by atoms with Gasteiger partial charge in [-0.05, 0) is 18.6 Å². The van der Waals surface area contributed by atoms with Gasteiger partial charge in [-0.1, -0.05) is 17.4 Å². The molecule has 0 saturated heterocycles. The van der Waals surface area contributed by atoms with E-state index >= 15 is 0 Å². The summed E-state index contributed by atoms with van der Waals surface area (Å²) in [6, 6.07) is 4.69. The number of nitro benzene ring substituents is 1. The maximum atomic E-state index is 10.8. The highest BCUT2D eigenvalue weighted by Crippen LogP contribution is 2.28. The molecule has 0 radical (unpaired) electrons. The van der Waals surface area contributed by atoms with Crippen LogP contribution in [0.15, 0.2) is 18.2 Å². The van der Waals surface area contributed by atoms with E-state index in [0.717, 1.165) is 5.56 Å². The number of nitrogens with zero attached hydrogens (tertiary/aromatic N) is 3. The molecule has 0 amide bonds. The van der Waals surface area contributed by atoms with Crippen molar-refractivity contribution in [3.05, 3.63) is 38.9 Å². The Morgan fingerprint density at radius 3 is 2.89 bits per heavy atom. The quantitative estimate of drug-likeness (QED) is 0.669. The molecule has 0 saturated carbocycles. The van der Waals surface area contributed by atoms with E-state index in [0.29, 0.717) is 10.1 Å². The molecule has 1 aromatic carbocycles. The number of rotatable bonds is 4. The van der Waals surface area contributed by atoms with Crippen LogP contribution < -0.4 is 10.5 Å². The SMILES string of the molecule is Cc1ccc([N+](=O)[O-])c(OCc2nnc(N)s2)c1. The third kappa shape index (κ3) is 2.72. The average molecular weight is 266 g/mol. The smallest absolute Gasteiger partial charge is 0.310 e. The van der Waals surface area contributed by atoms with Crippen molar-refractivity contribution in [2.75, 3.05) is 5.73 Å². The summed E-state index contributed by atoms with van der Waals surface area (Å²) >= 11 is 1.19. The summed E-state index contributed by atoms with van der Waals surface area (Å²) in [4.78, 5) is 10.3. The highest BCUT2D eigenvalue weighted by atomic mass is 32.1. The lowest BCUT2D eigenvalue weighted by molar-refractivity contribution is -0.386. The summed E-state index contributed by atoms with van der Waals surface area (Å²) in [5.74, 6) is 0.216. The van der Waals surface area contributed by atoms with Gasteiger partial charge in [0, 0.05) is 6.07 Å². The van der Waals surface area contributed by atoms with Crippen molar-refractivity contribution in [3.63, 3.8) is 0 Å². The summed E-state index contributed by atoms with van der Waals surface area (Å²) in [5, 5.41) is 19.2. The molecular formula is C10H10N4O3S. The lowest BCUT2D eigenvalue weighted by Gasteiger charge is -2.05. The first-order valence-electron chi connectivity index (χ1n) is 5.02. The second kappa shape index (κ2) is 4.96. The molecule has 2 aromatic rings. The Balaban J connectivity index is 2.17. The van der Waals surface area contributed by atoms with Gasteiger partial charge in [-0.15, -0.1) is 10.2 Å². The van der Waals surface area contributed by atoms with Gasteiger partial charge in [0.2, 0.25) is 5.13 Å². The van der Waals surface area contributed by atoms with Crippen LogP contribution in [0, 0.1) is 17.0 Å². The van der Waals surface area contributed by atoms with Gasteiger partial charge in [0.15, 0.2) is 10.8 Å². The molecule has 1 heterocycles. The predicted octanol–water partition coefficient (Wildman–Crippen LogP) is 1.92. The van der Waals surface area contributed by atoms with Crippen molar-refractivity contribution in [1.29, 1.82) is 0 Å². The van der Waals surface area contributed by atoms with Gasteiger partial charge in [-0.2, -0.15) is 0 Å². The second-order valence-corrected chi connectivity index (χ2v) is 4.64. The van der Waals surface area contributed by atoms with E-state index in [1.807, 2.05) is 6.92 Å². The first kappa shape index (κ1) is 12.2. The Morgan fingerprint density at radius 1 is 1.50 bits per heavy atom. The molecule has 0 bridgehead atoms. The number of aromatic nitrogens is 2. The van der Waals surface area contributed by atoms with Crippen LogP contribution in [0.3, 0.4) is 0 Å². The number of nitrogen functional groups attached to an aromatic ring is 1. The minimum atomic E-state index is -0.483. The number of ether oxygens (including phenoxy) is 1. The van der Waals surface area contributed by atoms with Gasteiger partial charge in [0.1, 0.15) is 6.61 Å². The highest BCUT2D eigenvalue weighted by molar-refractivity contribution is 7.15. The van der Waals surface area contributed by atoms with E-state index in [1.165, 1.54) is 17.4 Å². The zero-order chi connectivity index (χ0) is 13.1. The van der Waals surface area contributed by atoms with E-state index in [4.69, 9.17) is 10.5 Å². The Labute approximate surface area is 106 Å². The monoisotopic (exact) mass is 266 g/mol. The van der Waals surface area contributed by atoms with E-state index in [2.05, 4.69) is 10.2 Å². The first-order chi connectivity index (χ1) is 8.56. The van der Waals surface area contributed by atoms with E-state index in [1.54, 1.807) is 12.1 Å². The second-order valence-electron chi connectivity index (χ2n) is 3.55. The van der Waals surface area contributed by atoms with Crippen molar-refractivity contribution in [2.24, 2.45) is 0 Å². The van der Waals surface area contributed by atoms with Gasteiger partial charge in [-0.25, -0.2) is 0 Å². The van der Waals surface area contributed by atoms with Crippen molar-refractivity contribution in [1.82, 2.24) is 10.2 Å². The van der Waals surface area contributed by atoms with Gasteiger partial charge in [0.25, 0.3) is 0 Å². The molecule has 2 N–H and O–H groups in total. The third-order valence-electron chi connectivity index (χ3n) is 2.15. The van der Waals surface area contributed by atoms with Crippen molar-refractivity contribution in [2.45, 2.75) is 13.5 Å². The molecular weight excluding hydrogens is 256 g/mol. The van der Waals surface area contributed by atoms with Crippen LogP contribution in [0.4, 0.5) is 10.8 Å². The van der Waals surface area contributed by atoms with Crippen LogP contribution >= 0.6 is 11.3 Å². The summed E-state index contributed by atoms with van der Waals surface area (Å²) < 4.78 is 5.39. The topological polar surface area (TPSA) is 104 Å². The molecule has 94 valence electrons. The maximum Gasteiger partial charge on any atom is 0.310 e. The Hall–Kier alpha value is -2.22. The largest absolute Gasteiger partial charge is 0.479 e. The fourth-order valence-electron chi connectivity index (χ4n) is 1.35. The summed E-state index contributed by atoms with van der Waals surface area (Å²) in [6.07, 6.45) is 0. The molecule has 1 aromatic heterocycles. The van der Waals surface area contributed by atoms with Crippen LogP contribution in [0.5, 0.6) is 5.75 Å². The lowest BCUT2D eigenvalue weighted by Crippen LogP contribution is -1.99. The third-order valence-corrected chi connectivity index (χ3v) is 2.87. The van der Waals surface area contributed by atoms with Gasteiger partial charge in [0.05, 0.1) is 4.92 Å². The minimum absolute atomic E-state index is 0.0712. The molecule has 2 rings (SSSR count). The Bertz CT molecular complexity index is 584. The maximum absolute atomic E-state index is 10.8. The number of hydrogen-bond acceptors (Lipinski definition) is 7. The van der Waals surface area contributed by atoms with Gasteiger partial charge < -0.3 is 10.5 Å². The standard InChI is InChI=1S/C10H10N4O3S/c1-6-2-3-7(14(15)16)8(4-6)17-5-9-12-13-10(11)18-9/h2-4H,5H2,1H3,(H2,11,13). The molecule has 0 aliphatic carbocycles. The lowest BCUT2D eigenvalue weighted by atomic mass is 10.2. The molecule has 0 aliphatic heterocycles. The summed E-state index contributed by atoms with van der Waals surface area (Å²) in [5.41, 5.74) is 6.24. The summed E-state index contributed by atoms with van der Waals surface area (Å²) in [7, 11) is 0. The molecule has 0 spiro atoms. The van der Waals surface area contributed by atoms with Crippen LogP contribution in [-0.2, 0) is 6.61 Å². The summed E-state index contributed by atoms with van der Waals surface area (Å²) in [6.45, 7) is 1.94. The number of nitrogens with two attached hydrogens (primary N) is 1. The Morgan fingerprint density at radius 2 is 2.28 bits per heavy atom. The molecule has 18 heavy (non-hydrogen) atoms. The number of nitro groups is 1. The molecule has 0 aliphatic rings. The number of benzene rings is 1. The van der Waals surface area contributed by atoms with Crippen LogP contribution in [0.1, 0.15) is 10.6 Å². The predicted molar refractivity (Wildman–Crippen MR) is 66.5 cm³/mol. The number of anilines is 1. The molecule has 7 nitrogen and oxygen atoms in total. The average Bonchev–Trinajstić information content (AvgIpc) is 2.72. The zero-order valence-corrected chi connectivity index (χ0v) is 10.3. The van der Waals surface area contributed by atoms with E-state index < -0.39 is 4.92 Å². The van der Waals surface area contributed by atoms with Crippen molar-refractivity contribution < 1.29 is 9.66 Å². The number of aryl methyl sites for hydroxylation is 1. The first-order valence-corrected chi connectivity index (χ1v) is 5.83. The van der Waals surface area contributed by atoms with Crippen molar-refractivity contribution in [3.8, 4) is 5.75 Å². The highest BCUT2D eigenvalue weighted by Gasteiger charge is 2.15. The van der Waals surface area contributed by atoms with E-state index in [-0.39, 0.29) is 18.0 Å². The molecule has 0 fully saturated rings. The van der Waals surface area contributed by atoms with Gasteiger partial charge >= 0.3 is 5.69 Å². The van der Waals surface area contributed by atoms with Gasteiger partial charge in [-0.3, -0.25) is 10.1 Å². The van der Waals surface area contributed by atoms with Crippen LogP contribution in [0.25, 0.3) is 0 Å². The normalized spacial score (nSPS) is 10.3. The molecule has 0 atom stereocenters. The molecule has 0 unspecified atom stereocenters. The minimum Gasteiger partial charge on any atom is -0.479 e. The van der Waals surface area contributed by atoms with Crippen LogP contribution in [-0.4, -0.2) is 15.1 Å². The van der Waals surface area contributed by atoms with Crippen LogP contribution in [0.2, 0.25) is 0 Å². The van der Waals surface area contributed by atoms with E-state index in [9.17, 15) is 10.1 Å². The fourth-order valence-corrected chi connectivity index (χ4v) is 1.87. The number of hydrogen-bond donors (Lipinski definition) is 1. The Kier molecular flexibility index (Phi) is 3.38. The zero-order valence-electron chi connectivity index (χ0n) is 9.49. The fraction of sp³-hybridized carbons (Fsp3) is 0.200. The van der Waals surface area contributed by atoms with Crippen molar-refractivity contribution >= 4 is 22.2 Å².